The molecule has 162 valence electrons. The summed E-state index contributed by atoms with van der Waals surface area (Å²) < 4.78 is 0. The summed E-state index contributed by atoms with van der Waals surface area (Å²) in [5.74, 6) is 0.129. The lowest BCUT2D eigenvalue weighted by molar-refractivity contribution is -0.136. The molecule has 6 heteroatoms. The van der Waals surface area contributed by atoms with Crippen LogP contribution in [0.2, 0.25) is 0 Å². The molecule has 0 radical (unpaired) electrons. The summed E-state index contributed by atoms with van der Waals surface area (Å²) in [6.07, 6.45) is 2.97. The van der Waals surface area contributed by atoms with Crippen LogP contribution < -0.4 is 11.1 Å². The molecule has 1 saturated heterocycles. The van der Waals surface area contributed by atoms with Crippen LogP contribution in [0, 0.1) is 5.92 Å². The summed E-state index contributed by atoms with van der Waals surface area (Å²) in [5.41, 5.74) is 7.88. The van der Waals surface area contributed by atoms with E-state index in [1.165, 1.54) is 11.1 Å². The number of halogens is 1. The van der Waals surface area contributed by atoms with Gasteiger partial charge in [0.2, 0.25) is 11.8 Å². The minimum atomic E-state index is -0.136. The maximum absolute atomic E-state index is 13.1. The smallest absolute Gasteiger partial charge is 0.224 e. The Bertz CT molecular complexity index is 786. The predicted octanol–water partition coefficient (Wildman–Crippen LogP) is 3.14. The minimum absolute atomic E-state index is 0. The molecule has 1 heterocycles. The monoisotopic (exact) mass is 429 g/mol. The Labute approximate surface area is 185 Å². The number of piperidine rings is 1. The third-order valence-electron chi connectivity index (χ3n) is 5.61. The molecule has 0 bridgehead atoms. The first kappa shape index (κ1) is 23.9. The zero-order valence-electron chi connectivity index (χ0n) is 17.3. The number of nitrogens with two attached hydrogens (primary N) is 1. The number of carbonyl (C=O) groups is 2. The first-order chi connectivity index (χ1) is 14.2. The molecule has 1 aliphatic heterocycles. The molecule has 2 aromatic carbocycles. The van der Waals surface area contributed by atoms with E-state index in [1.54, 1.807) is 0 Å². The van der Waals surface area contributed by atoms with Crippen LogP contribution in [-0.2, 0) is 16.0 Å². The molecule has 2 amide bonds. The van der Waals surface area contributed by atoms with Gasteiger partial charge in [0, 0.05) is 32.6 Å². The Morgan fingerprint density at radius 3 is 2.40 bits per heavy atom. The molecule has 3 N–H and O–H groups in total. The third kappa shape index (κ3) is 6.85. The Morgan fingerprint density at radius 1 is 1.07 bits per heavy atom. The maximum Gasteiger partial charge on any atom is 0.224 e. The molecule has 0 saturated carbocycles. The van der Waals surface area contributed by atoms with E-state index in [1.807, 2.05) is 41.3 Å². The van der Waals surface area contributed by atoms with Gasteiger partial charge in [-0.05, 0) is 36.3 Å². The average Bonchev–Trinajstić information content (AvgIpc) is 2.78. The van der Waals surface area contributed by atoms with Crippen molar-refractivity contribution in [2.24, 2.45) is 11.7 Å². The number of rotatable bonds is 8. The van der Waals surface area contributed by atoms with Crippen molar-refractivity contribution in [3.8, 4) is 0 Å². The van der Waals surface area contributed by atoms with E-state index >= 15 is 0 Å². The van der Waals surface area contributed by atoms with Gasteiger partial charge in [0.25, 0.3) is 0 Å². The largest absolute Gasteiger partial charge is 0.355 e. The van der Waals surface area contributed by atoms with Gasteiger partial charge in [-0.2, -0.15) is 0 Å². The van der Waals surface area contributed by atoms with Crippen LogP contribution in [0.25, 0.3) is 0 Å². The quantitative estimate of drug-likeness (QED) is 0.676. The highest BCUT2D eigenvalue weighted by Gasteiger charge is 2.29. The average molecular weight is 430 g/mol. The Balaban J connectivity index is 0.00000320. The Kier molecular flexibility index (Phi) is 9.84. The lowest BCUT2D eigenvalue weighted by Gasteiger charge is -2.33. The fraction of sp³-hybridized carbons (Fsp3) is 0.417. The summed E-state index contributed by atoms with van der Waals surface area (Å²) >= 11 is 0. The van der Waals surface area contributed by atoms with Crippen molar-refractivity contribution in [3.05, 3.63) is 71.8 Å². The maximum atomic E-state index is 13.1. The number of nitrogens with zero attached hydrogens (tertiary/aromatic N) is 1. The molecular formula is C24H32ClN3O2. The van der Waals surface area contributed by atoms with E-state index in [4.69, 9.17) is 5.73 Å². The number of nitrogens with one attached hydrogen (secondary N) is 1. The zero-order chi connectivity index (χ0) is 20.5. The second-order valence-electron chi connectivity index (χ2n) is 7.76. The van der Waals surface area contributed by atoms with Gasteiger partial charge in [-0.1, -0.05) is 60.7 Å². The van der Waals surface area contributed by atoms with Crippen LogP contribution in [0.3, 0.4) is 0 Å². The molecule has 1 fully saturated rings. The lowest BCUT2D eigenvalue weighted by Crippen LogP contribution is -2.46. The molecule has 2 unspecified atom stereocenters. The van der Waals surface area contributed by atoms with Gasteiger partial charge < -0.3 is 16.0 Å². The van der Waals surface area contributed by atoms with Gasteiger partial charge in [-0.3, -0.25) is 9.59 Å². The van der Waals surface area contributed by atoms with Gasteiger partial charge in [-0.15, -0.1) is 12.4 Å². The first-order valence-corrected chi connectivity index (χ1v) is 10.5. The molecule has 2 aromatic rings. The summed E-state index contributed by atoms with van der Waals surface area (Å²) in [5, 5.41) is 2.86. The van der Waals surface area contributed by atoms with Crippen LogP contribution in [0.1, 0.15) is 36.3 Å². The van der Waals surface area contributed by atoms with E-state index in [0.717, 1.165) is 25.8 Å². The number of likely N-dealkylation sites (tertiary alicyclic amines) is 1. The second kappa shape index (κ2) is 12.4. The van der Waals surface area contributed by atoms with Gasteiger partial charge >= 0.3 is 0 Å². The molecule has 3 rings (SSSR count). The molecule has 2 atom stereocenters. The molecule has 0 aliphatic carbocycles. The summed E-state index contributed by atoms with van der Waals surface area (Å²) in [6.45, 7) is 2.14. The van der Waals surface area contributed by atoms with E-state index < -0.39 is 0 Å². The van der Waals surface area contributed by atoms with Crippen molar-refractivity contribution in [1.82, 2.24) is 10.2 Å². The van der Waals surface area contributed by atoms with Crippen LogP contribution >= 0.6 is 12.4 Å². The molecule has 5 nitrogen and oxygen atoms in total. The van der Waals surface area contributed by atoms with Crippen LogP contribution in [0.4, 0.5) is 0 Å². The van der Waals surface area contributed by atoms with Gasteiger partial charge in [0.15, 0.2) is 0 Å². The first-order valence-electron chi connectivity index (χ1n) is 10.5. The third-order valence-corrected chi connectivity index (χ3v) is 5.61. The number of amides is 2. The van der Waals surface area contributed by atoms with Crippen LogP contribution in [0.5, 0.6) is 0 Å². The topological polar surface area (TPSA) is 75.4 Å². The summed E-state index contributed by atoms with van der Waals surface area (Å²) in [6, 6.07) is 20.5. The van der Waals surface area contributed by atoms with Gasteiger partial charge in [-0.25, -0.2) is 0 Å². The van der Waals surface area contributed by atoms with Crippen molar-refractivity contribution in [1.29, 1.82) is 0 Å². The SMILES string of the molecule is Cl.NCCNC(=O)C1CCCN(C(=O)CC(Cc2ccccc2)c2ccccc2)C1. The van der Waals surface area contributed by atoms with Crippen molar-refractivity contribution < 1.29 is 9.59 Å². The number of benzene rings is 2. The molecule has 0 spiro atoms. The molecule has 30 heavy (non-hydrogen) atoms. The second-order valence-corrected chi connectivity index (χ2v) is 7.76. The number of carbonyl (C=O) groups excluding carboxylic acids is 2. The summed E-state index contributed by atoms with van der Waals surface area (Å²) in [4.78, 5) is 27.3. The minimum Gasteiger partial charge on any atom is -0.355 e. The number of hydrogen-bond acceptors (Lipinski definition) is 3. The van der Waals surface area contributed by atoms with Gasteiger partial charge in [0.05, 0.1) is 5.92 Å². The fourth-order valence-corrected chi connectivity index (χ4v) is 4.03. The highest BCUT2D eigenvalue weighted by molar-refractivity contribution is 5.85. The van der Waals surface area contributed by atoms with Crippen molar-refractivity contribution >= 4 is 24.2 Å². The van der Waals surface area contributed by atoms with E-state index in [-0.39, 0.29) is 36.1 Å². The van der Waals surface area contributed by atoms with Crippen LogP contribution in [0.15, 0.2) is 60.7 Å². The van der Waals surface area contributed by atoms with Crippen LogP contribution in [-0.4, -0.2) is 42.9 Å². The standard InChI is InChI=1S/C24H31N3O2.ClH/c25-13-14-26-24(29)21-12-7-15-27(18-21)23(28)17-22(20-10-5-2-6-11-20)16-19-8-3-1-4-9-19;/h1-6,8-11,21-22H,7,12-18,25H2,(H,26,29);1H. The van der Waals surface area contributed by atoms with Crippen molar-refractivity contribution in [2.75, 3.05) is 26.2 Å². The van der Waals surface area contributed by atoms with Gasteiger partial charge in [0.1, 0.15) is 0 Å². The fourth-order valence-electron chi connectivity index (χ4n) is 4.03. The van der Waals surface area contributed by atoms with E-state index in [2.05, 4.69) is 29.6 Å². The van der Waals surface area contributed by atoms with E-state index in [9.17, 15) is 9.59 Å². The van der Waals surface area contributed by atoms with Crippen molar-refractivity contribution in [2.45, 2.75) is 31.6 Å². The highest BCUT2D eigenvalue weighted by atomic mass is 35.5. The Morgan fingerprint density at radius 2 is 1.73 bits per heavy atom. The highest BCUT2D eigenvalue weighted by Crippen LogP contribution is 2.27. The predicted molar refractivity (Wildman–Crippen MR) is 123 cm³/mol. The van der Waals surface area contributed by atoms with Crippen molar-refractivity contribution in [3.63, 3.8) is 0 Å². The molecule has 0 aromatic heterocycles. The number of hydrogen-bond donors (Lipinski definition) is 2. The molecular weight excluding hydrogens is 398 g/mol. The lowest BCUT2D eigenvalue weighted by atomic mass is 9.88. The van der Waals surface area contributed by atoms with E-state index in [0.29, 0.717) is 26.1 Å². The molecule has 1 aliphatic rings. The summed E-state index contributed by atoms with van der Waals surface area (Å²) in [7, 11) is 0. The normalized spacial score (nSPS) is 17.0. The Hall–Kier alpha value is -2.37. The zero-order valence-corrected chi connectivity index (χ0v) is 18.2.